The number of hydrogen-bond donors (Lipinski definition) is 1. The second kappa shape index (κ2) is 6.14. The summed E-state index contributed by atoms with van der Waals surface area (Å²) in [5, 5.41) is 16.6. The molecule has 2 unspecified atom stereocenters. The van der Waals surface area contributed by atoms with Gasteiger partial charge in [-0.1, -0.05) is 17.2 Å². The van der Waals surface area contributed by atoms with Crippen molar-refractivity contribution in [3.8, 4) is 0 Å². The standard InChI is InChI=1S/C13H21N3O3/c1-9(6-13(17)18)11-4-3-5-16(7-11)8-12-10(2)14-19-15-12/h9,11H,3-8H2,1-2H3,(H,17,18). The highest BCUT2D eigenvalue weighted by Crippen LogP contribution is 2.27. The molecule has 1 aliphatic rings. The number of aliphatic carboxylic acids is 1. The Balaban J connectivity index is 1.90. The number of rotatable bonds is 5. The molecule has 106 valence electrons. The van der Waals surface area contributed by atoms with Gasteiger partial charge in [-0.05, 0) is 38.1 Å². The molecule has 0 saturated carbocycles. The van der Waals surface area contributed by atoms with Crippen LogP contribution < -0.4 is 0 Å². The monoisotopic (exact) mass is 267 g/mol. The Morgan fingerprint density at radius 3 is 3.00 bits per heavy atom. The Hall–Kier alpha value is -1.43. The molecule has 2 heterocycles. The Morgan fingerprint density at radius 2 is 2.37 bits per heavy atom. The fraction of sp³-hybridized carbons (Fsp3) is 0.769. The highest BCUT2D eigenvalue weighted by Gasteiger charge is 2.26. The molecule has 2 rings (SSSR count). The van der Waals surface area contributed by atoms with Crippen molar-refractivity contribution in [2.75, 3.05) is 13.1 Å². The third kappa shape index (κ3) is 3.76. The minimum atomic E-state index is -0.707. The lowest BCUT2D eigenvalue weighted by Crippen LogP contribution is -2.38. The summed E-state index contributed by atoms with van der Waals surface area (Å²) in [5.41, 5.74) is 1.72. The highest BCUT2D eigenvalue weighted by atomic mass is 16.6. The molecule has 6 heteroatoms. The Kier molecular flexibility index (Phi) is 4.52. The quantitative estimate of drug-likeness (QED) is 0.874. The van der Waals surface area contributed by atoms with Gasteiger partial charge >= 0.3 is 5.97 Å². The Bertz CT molecular complexity index is 433. The fourth-order valence-electron chi connectivity index (χ4n) is 2.75. The van der Waals surface area contributed by atoms with Crippen molar-refractivity contribution in [1.29, 1.82) is 0 Å². The average molecular weight is 267 g/mol. The second-order valence-electron chi connectivity index (χ2n) is 5.51. The molecule has 1 aliphatic heterocycles. The largest absolute Gasteiger partial charge is 0.481 e. The molecular formula is C13H21N3O3. The number of aromatic nitrogens is 2. The highest BCUT2D eigenvalue weighted by molar-refractivity contribution is 5.67. The van der Waals surface area contributed by atoms with Crippen LogP contribution in [-0.2, 0) is 11.3 Å². The van der Waals surface area contributed by atoms with Crippen LogP contribution in [0.1, 0.15) is 37.6 Å². The van der Waals surface area contributed by atoms with Crippen LogP contribution in [0.3, 0.4) is 0 Å². The van der Waals surface area contributed by atoms with Gasteiger partial charge in [0.1, 0.15) is 11.4 Å². The molecule has 0 amide bonds. The number of nitrogens with zero attached hydrogens (tertiary/aromatic N) is 3. The summed E-state index contributed by atoms with van der Waals surface area (Å²) >= 11 is 0. The molecule has 1 fully saturated rings. The third-order valence-corrected chi connectivity index (χ3v) is 3.96. The first-order chi connectivity index (χ1) is 9.06. The molecule has 19 heavy (non-hydrogen) atoms. The summed E-state index contributed by atoms with van der Waals surface area (Å²) in [7, 11) is 0. The van der Waals surface area contributed by atoms with E-state index in [4.69, 9.17) is 9.74 Å². The molecule has 1 N–H and O–H groups in total. The SMILES string of the molecule is Cc1nonc1CN1CCCC(C(C)CC(=O)O)C1. The van der Waals surface area contributed by atoms with E-state index in [1.165, 1.54) is 0 Å². The van der Waals surface area contributed by atoms with Crippen molar-refractivity contribution in [3.05, 3.63) is 11.4 Å². The van der Waals surface area contributed by atoms with E-state index in [9.17, 15) is 4.79 Å². The summed E-state index contributed by atoms with van der Waals surface area (Å²) in [6.45, 7) is 6.63. The number of hydrogen-bond acceptors (Lipinski definition) is 5. The maximum atomic E-state index is 10.8. The van der Waals surface area contributed by atoms with Gasteiger partial charge in [-0.25, -0.2) is 4.63 Å². The lowest BCUT2D eigenvalue weighted by atomic mass is 9.84. The van der Waals surface area contributed by atoms with Crippen molar-refractivity contribution in [3.63, 3.8) is 0 Å². The van der Waals surface area contributed by atoms with Crippen molar-refractivity contribution >= 4 is 5.97 Å². The summed E-state index contributed by atoms with van der Waals surface area (Å²) in [6.07, 6.45) is 2.48. The number of carbonyl (C=O) groups is 1. The van der Waals surface area contributed by atoms with Gasteiger partial charge in [0.25, 0.3) is 0 Å². The molecule has 0 bridgehead atoms. The normalized spacial score (nSPS) is 22.3. The molecule has 6 nitrogen and oxygen atoms in total. The van der Waals surface area contributed by atoms with E-state index in [0.29, 0.717) is 5.92 Å². The maximum absolute atomic E-state index is 10.8. The van der Waals surface area contributed by atoms with Gasteiger partial charge in [0, 0.05) is 19.5 Å². The van der Waals surface area contributed by atoms with E-state index in [1.807, 2.05) is 13.8 Å². The van der Waals surface area contributed by atoms with E-state index >= 15 is 0 Å². The summed E-state index contributed by atoms with van der Waals surface area (Å²) in [4.78, 5) is 13.1. The van der Waals surface area contributed by atoms with Gasteiger partial charge in [0.05, 0.1) is 0 Å². The maximum Gasteiger partial charge on any atom is 0.303 e. The van der Waals surface area contributed by atoms with Gasteiger partial charge in [-0.15, -0.1) is 0 Å². The average Bonchev–Trinajstić information content (AvgIpc) is 2.75. The van der Waals surface area contributed by atoms with E-state index in [1.54, 1.807) is 0 Å². The second-order valence-corrected chi connectivity index (χ2v) is 5.51. The molecule has 0 spiro atoms. The number of likely N-dealkylation sites (tertiary alicyclic amines) is 1. The number of piperidine rings is 1. The molecule has 1 aromatic heterocycles. The Morgan fingerprint density at radius 1 is 1.58 bits per heavy atom. The Labute approximate surface area is 112 Å². The molecule has 0 aliphatic carbocycles. The smallest absolute Gasteiger partial charge is 0.303 e. The molecule has 2 atom stereocenters. The molecule has 1 saturated heterocycles. The number of carboxylic acids is 1. The first-order valence-corrected chi connectivity index (χ1v) is 6.78. The summed E-state index contributed by atoms with van der Waals surface area (Å²) < 4.78 is 4.71. The van der Waals surface area contributed by atoms with E-state index in [-0.39, 0.29) is 12.3 Å². The van der Waals surface area contributed by atoms with Crippen LogP contribution in [0.15, 0.2) is 4.63 Å². The van der Waals surface area contributed by atoms with Gasteiger partial charge in [0.15, 0.2) is 0 Å². The van der Waals surface area contributed by atoms with Gasteiger partial charge < -0.3 is 5.11 Å². The van der Waals surface area contributed by atoms with Gasteiger partial charge in [-0.2, -0.15) is 0 Å². The van der Waals surface area contributed by atoms with Crippen LogP contribution in [0, 0.1) is 18.8 Å². The minimum Gasteiger partial charge on any atom is -0.481 e. The van der Waals surface area contributed by atoms with E-state index < -0.39 is 5.97 Å². The van der Waals surface area contributed by atoms with Crippen molar-refractivity contribution in [1.82, 2.24) is 15.2 Å². The van der Waals surface area contributed by atoms with Gasteiger partial charge in [0.2, 0.25) is 0 Å². The van der Waals surface area contributed by atoms with Crippen molar-refractivity contribution < 1.29 is 14.5 Å². The zero-order valence-corrected chi connectivity index (χ0v) is 11.5. The topological polar surface area (TPSA) is 79.5 Å². The lowest BCUT2D eigenvalue weighted by molar-refractivity contribution is -0.138. The van der Waals surface area contributed by atoms with E-state index in [0.717, 1.165) is 43.9 Å². The predicted octanol–water partition coefficient (Wildman–Crippen LogP) is 1.70. The van der Waals surface area contributed by atoms with Crippen LogP contribution in [0.4, 0.5) is 0 Å². The van der Waals surface area contributed by atoms with Gasteiger partial charge in [-0.3, -0.25) is 9.69 Å². The van der Waals surface area contributed by atoms with Crippen molar-refractivity contribution in [2.24, 2.45) is 11.8 Å². The van der Waals surface area contributed by atoms with Crippen LogP contribution in [0.2, 0.25) is 0 Å². The zero-order chi connectivity index (χ0) is 13.8. The molecular weight excluding hydrogens is 246 g/mol. The van der Waals surface area contributed by atoms with Crippen LogP contribution >= 0.6 is 0 Å². The van der Waals surface area contributed by atoms with Crippen LogP contribution in [0.25, 0.3) is 0 Å². The fourth-order valence-corrected chi connectivity index (χ4v) is 2.75. The van der Waals surface area contributed by atoms with Crippen LogP contribution in [-0.4, -0.2) is 39.4 Å². The van der Waals surface area contributed by atoms with E-state index in [2.05, 4.69) is 15.2 Å². The number of carboxylic acid groups (broad SMARTS) is 1. The molecule has 0 aromatic carbocycles. The zero-order valence-electron chi connectivity index (χ0n) is 11.5. The first-order valence-electron chi connectivity index (χ1n) is 6.78. The van der Waals surface area contributed by atoms with Crippen molar-refractivity contribution in [2.45, 2.75) is 39.7 Å². The summed E-state index contributed by atoms with van der Waals surface area (Å²) in [5.74, 6) is -0.0389. The first kappa shape index (κ1) is 14.0. The molecule has 1 aromatic rings. The number of aryl methyl sites for hydroxylation is 1. The molecule has 0 radical (unpaired) electrons. The van der Waals surface area contributed by atoms with Crippen LogP contribution in [0.5, 0.6) is 0 Å². The lowest BCUT2D eigenvalue weighted by Gasteiger charge is -2.35. The third-order valence-electron chi connectivity index (χ3n) is 3.96. The minimum absolute atomic E-state index is 0.219. The predicted molar refractivity (Wildman–Crippen MR) is 68.5 cm³/mol. The summed E-state index contributed by atoms with van der Waals surface area (Å²) in [6, 6.07) is 0.